The lowest BCUT2D eigenvalue weighted by Crippen LogP contribution is -2.44. The van der Waals surface area contributed by atoms with E-state index in [1.807, 2.05) is 37.3 Å². The molecule has 2 aromatic carbocycles. The molecule has 2 aromatic rings. The molecule has 3 rings (SSSR count). The molecule has 1 fully saturated rings. The van der Waals surface area contributed by atoms with Crippen molar-refractivity contribution < 1.29 is 4.79 Å². The van der Waals surface area contributed by atoms with E-state index in [1.54, 1.807) is 0 Å². The molecular formula is C21H28N4O. The van der Waals surface area contributed by atoms with Crippen LogP contribution in [0.1, 0.15) is 11.1 Å². The predicted molar refractivity (Wildman–Crippen MR) is 109 cm³/mol. The number of hydrogen-bond donors (Lipinski definition) is 2. The minimum Gasteiger partial charge on any atom is -0.376 e. The molecule has 1 aliphatic heterocycles. The quantitative estimate of drug-likeness (QED) is 0.868. The zero-order valence-corrected chi connectivity index (χ0v) is 15.9. The van der Waals surface area contributed by atoms with E-state index in [2.05, 4.69) is 46.5 Å². The molecule has 0 radical (unpaired) electrons. The van der Waals surface area contributed by atoms with Gasteiger partial charge in [0.2, 0.25) is 5.91 Å². The van der Waals surface area contributed by atoms with E-state index in [9.17, 15) is 4.79 Å². The van der Waals surface area contributed by atoms with E-state index >= 15 is 0 Å². The van der Waals surface area contributed by atoms with Gasteiger partial charge in [-0.25, -0.2) is 0 Å². The summed E-state index contributed by atoms with van der Waals surface area (Å²) in [5.74, 6) is -0.0450. The first-order chi connectivity index (χ1) is 12.5. The summed E-state index contributed by atoms with van der Waals surface area (Å²) in [6, 6.07) is 14.3. The number of rotatable bonds is 5. The maximum atomic E-state index is 12.1. The maximum Gasteiger partial charge on any atom is 0.243 e. The maximum absolute atomic E-state index is 12.1. The molecule has 1 amide bonds. The van der Waals surface area contributed by atoms with Gasteiger partial charge in [0.15, 0.2) is 0 Å². The normalized spacial score (nSPS) is 15.0. The fourth-order valence-electron chi connectivity index (χ4n) is 3.06. The average Bonchev–Trinajstić information content (AvgIpc) is 2.64. The third kappa shape index (κ3) is 4.76. The van der Waals surface area contributed by atoms with Crippen molar-refractivity contribution in [2.75, 3.05) is 55.3 Å². The van der Waals surface area contributed by atoms with E-state index in [0.29, 0.717) is 0 Å². The number of piperazine rings is 1. The highest BCUT2D eigenvalue weighted by Gasteiger charge is 2.14. The highest BCUT2D eigenvalue weighted by Crippen LogP contribution is 2.19. The lowest BCUT2D eigenvalue weighted by atomic mass is 10.1. The van der Waals surface area contributed by atoms with Crippen LogP contribution in [0.5, 0.6) is 0 Å². The molecule has 0 aliphatic carbocycles. The highest BCUT2D eigenvalue weighted by molar-refractivity contribution is 5.93. The summed E-state index contributed by atoms with van der Waals surface area (Å²) >= 11 is 0. The Morgan fingerprint density at radius 3 is 2.23 bits per heavy atom. The summed E-state index contributed by atoms with van der Waals surface area (Å²) in [5.41, 5.74) is 5.43. The van der Waals surface area contributed by atoms with Gasteiger partial charge in [-0.15, -0.1) is 0 Å². The van der Waals surface area contributed by atoms with E-state index in [-0.39, 0.29) is 12.5 Å². The summed E-state index contributed by atoms with van der Waals surface area (Å²) in [7, 11) is 2.16. The molecule has 0 atom stereocenters. The lowest BCUT2D eigenvalue weighted by molar-refractivity contribution is -0.114. The molecule has 1 saturated heterocycles. The fourth-order valence-corrected chi connectivity index (χ4v) is 3.06. The Labute approximate surface area is 156 Å². The Hall–Kier alpha value is -2.53. The van der Waals surface area contributed by atoms with Crippen LogP contribution in [0.4, 0.5) is 17.1 Å². The van der Waals surface area contributed by atoms with Gasteiger partial charge in [-0.2, -0.15) is 0 Å². The highest BCUT2D eigenvalue weighted by atomic mass is 16.1. The van der Waals surface area contributed by atoms with E-state index in [0.717, 1.165) is 37.6 Å². The van der Waals surface area contributed by atoms with Crippen LogP contribution < -0.4 is 15.5 Å². The summed E-state index contributed by atoms with van der Waals surface area (Å²) in [6.07, 6.45) is 0. The molecule has 0 aromatic heterocycles. The second kappa shape index (κ2) is 8.23. The molecule has 0 bridgehead atoms. The number of amides is 1. The second-order valence-electron chi connectivity index (χ2n) is 7.04. The van der Waals surface area contributed by atoms with Gasteiger partial charge in [0, 0.05) is 43.2 Å². The number of hydrogen-bond acceptors (Lipinski definition) is 4. The average molecular weight is 352 g/mol. The Kier molecular flexibility index (Phi) is 5.78. The third-order valence-corrected chi connectivity index (χ3v) is 4.98. The molecule has 0 spiro atoms. The van der Waals surface area contributed by atoms with Crippen molar-refractivity contribution in [2.45, 2.75) is 13.8 Å². The Morgan fingerprint density at radius 1 is 0.923 bits per heavy atom. The number of carbonyl (C=O) groups excluding carboxylic acids is 1. The van der Waals surface area contributed by atoms with Crippen molar-refractivity contribution in [3.63, 3.8) is 0 Å². The van der Waals surface area contributed by atoms with Gasteiger partial charge >= 0.3 is 0 Å². The number of carbonyl (C=O) groups is 1. The van der Waals surface area contributed by atoms with E-state index in [4.69, 9.17) is 0 Å². The first-order valence-electron chi connectivity index (χ1n) is 9.16. The van der Waals surface area contributed by atoms with Crippen molar-refractivity contribution in [2.24, 2.45) is 0 Å². The van der Waals surface area contributed by atoms with E-state index in [1.165, 1.54) is 16.8 Å². The van der Waals surface area contributed by atoms with Crippen LogP contribution in [0.2, 0.25) is 0 Å². The summed E-state index contributed by atoms with van der Waals surface area (Å²) < 4.78 is 0. The van der Waals surface area contributed by atoms with Gasteiger partial charge in [-0.3, -0.25) is 4.79 Å². The lowest BCUT2D eigenvalue weighted by Gasteiger charge is -2.34. The van der Waals surface area contributed by atoms with Crippen molar-refractivity contribution in [3.05, 3.63) is 53.6 Å². The van der Waals surface area contributed by atoms with Gasteiger partial charge in [0.05, 0.1) is 6.54 Å². The van der Waals surface area contributed by atoms with Crippen LogP contribution in [-0.4, -0.2) is 50.6 Å². The molecular weight excluding hydrogens is 324 g/mol. The first-order valence-corrected chi connectivity index (χ1v) is 9.16. The summed E-state index contributed by atoms with van der Waals surface area (Å²) in [5, 5.41) is 6.12. The van der Waals surface area contributed by atoms with Crippen LogP contribution in [0.15, 0.2) is 42.5 Å². The largest absolute Gasteiger partial charge is 0.376 e. The van der Waals surface area contributed by atoms with Crippen LogP contribution in [0.25, 0.3) is 0 Å². The van der Waals surface area contributed by atoms with Gasteiger partial charge in [-0.05, 0) is 68.4 Å². The van der Waals surface area contributed by atoms with Gasteiger partial charge < -0.3 is 20.4 Å². The minimum atomic E-state index is -0.0450. The number of anilines is 3. The third-order valence-electron chi connectivity index (χ3n) is 4.98. The number of benzene rings is 2. The summed E-state index contributed by atoms with van der Waals surface area (Å²) in [4.78, 5) is 16.9. The van der Waals surface area contributed by atoms with Crippen LogP contribution >= 0.6 is 0 Å². The monoisotopic (exact) mass is 352 g/mol. The molecule has 0 saturated carbocycles. The first kappa shape index (κ1) is 18.3. The molecule has 1 aliphatic rings. The SMILES string of the molecule is Cc1ccc(NC(=O)CNc2ccc(N3CCN(C)CC3)cc2)cc1C. The molecule has 138 valence electrons. The Morgan fingerprint density at radius 2 is 1.58 bits per heavy atom. The molecule has 26 heavy (non-hydrogen) atoms. The Balaban J connectivity index is 1.49. The van der Waals surface area contributed by atoms with Crippen molar-refractivity contribution in [3.8, 4) is 0 Å². The Bertz CT molecular complexity index is 749. The van der Waals surface area contributed by atoms with Crippen LogP contribution in [-0.2, 0) is 4.79 Å². The van der Waals surface area contributed by atoms with Gasteiger partial charge in [-0.1, -0.05) is 6.07 Å². The fraction of sp³-hybridized carbons (Fsp3) is 0.381. The van der Waals surface area contributed by atoms with Crippen molar-refractivity contribution in [1.82, 2.24) is 4.90 Å². The zero-order chi connectivity index (χ0) is 18.5. The van der Waals surface area contributed by atoms with Gasteiger partial charge in [0.1, 0.15) is 0 Å². The topological polar surface area (TPSA) is 47.6 Å². The number of likely N-dealkylation sites (N-methyl/N-ethyl adjacent to an activating group) is 1. The van der Waals surface area contributed by atoms with Crippen LogP contribution in [0, 0.1) is 13.8 Å². The molecule has 5 heteroatoms. The molecule has 5 nitrogen and oxygen atoms in total. The standard InChI is InChI=1S/C21H28N4O/c1-16-4-5-19(14-17(16)2)23-21(26)15-22-18-6-8-20(9-7-18)25-12-10-24(3)11-13-25/h4-9,14,22H,10-13,15H2,1-3H3,(H,23,26). The van der Waals surface area contributed by atoms with E-state index < -0.39 is 0 Å². The van der Waals surface area contributed by atoms with Crippen LogP contribution in [0.3, 0.4) is 0 Å². The molecule has 0 unspecified atom stereocenters. The number of aryl methyl sites for hydroxylation is 2. The van der Waals surface area contributed by atoms with Gasteiger partial charge in [0.25, 0.3) is 0 Å². The molecule has 2 N–H and O–H groups in total. The number of nitrogens with zero attached hydrogens (tertiary/aromatic N) is 2. The molecule has 1 heterocycles. The second-order valence-corrected chi connectivity index (χ2v) is 7.04. The number of nitrogens with one attached hydrogen (secondary N) is 2. The summed E-state index contributed by atoms with van der Waals surface area (Å²) in [6.45, 7) is 8.67. The minimum absolute atomic E-state index is 0.0450. The zero-order valence-electron chi connectivity index (χ0n) is 15.9. The smallest absolute Gasteiger partial charge is 0.243 e. The van der Waals surface area contributed by atoms with Crippen molar-refractivity contribution >= 4 is 23.0 Å². The predicted octanol–water partition coefficient (Wildman–Crippen LogP) is 3.11. The van der Waals surface area contributed by atoms with Crippen molar-refractivity contribution in [1.29, 1.82) is 0 Å².